The van der Waals surface area contributed by atoms with Crippen molar-refractivity contribution < 1.29 is 0 Å². The summed E-state index contributed by atoms with van der Waals surface area (Å²) in [4.78, 5) is 11.9. The van der Waals surface area contributed by atoms with Crippen LogP contribution in [0.3, 0.4) is 0 Å². The minimum atomic E-state index is 0.182. The van der Waals surface area contributed by atoms with E-state index in [1.807, 2.05) is 30.3 Å². The molecule has 1 saturated heterocycles. The van der Waals surface area contributed by atoms with Gasteiger partial charge < -0.3 is 10.2 Å². The molecular formula is C22H24N4. The predicted octanol–water partition coefficient (Wildman–Crippen LogP) is 4.92. The molecule has 1 aromatic heterocycles. The second kappa shape index (κ2) is 7.56. The summed E-state index contributed by atoms with van der Waals surface area (Å²) in [6, 6.07) is 23.0. The third kappa shape index (κ3) is 3.69. The average molecular weight is 344 g/mol. The number of nitrogens with one attached hydrogen (secondary N) is 1. The van der Waals surface area contributed by atoms with Gasteiger partial charge in [-0.25, -0.2) is 4.98 Å². The van der Waals surface area contributed by atoms with Crippen LogP contribution in [-0.4, -0.2) is 23.1 Å². The van der Waals surface area contributed by atoms with Gasteiger partial charge in [0.2, 0.25) is 5.95 Å². The third-order valence-electron chi connectivity index (χ3n) is 4.84. The highest BCUT2D eigenvalue weighted by atomic mass is 15.3. The van der Waals surface area contributed by atoms with E-state index < -0.39 is 0 Å². The summed E-state index contributed by atoms with van der Waals surface area (Å²) in [5, 5.41) is 3.55. The van der Waals surface area contributed by atoms with Gasteiger partial charge in [-0.15, -0.1) is 0 Å². The molecule has 0 amide bonds. The zero-order chi connectivity index (χ0) is 17.8. The fraction of sp³-hybridized carbons (Fsp3) is 0.273. The van der Waals surface area contributed by atoms with Crippen LogP contribution in [0.1, 0.15) is 31.4 Å². The molecule has 3 aromatic rings. The zero-order valence-corrected chi connectivity index (χ0v) is 15.1. The number of aromatic nitrogens is 2. The van der Waals surface area contributed by atoms with Crippen LogP contribution in [0.5, 0.6) is 0 Å². The van der Waals surface area contributed by atoms with Crippen molar-refractivity contribution in [3.05, 3.63) is 72.3 Å². The molecule has 1 atom stereocenters. The number of rotatable bonds is 5. The van der Waals surface area contributed by atoms with Crippen molar-refractivity contribution in [3.8, 4) is 11.3 Å². The quantitative estimate of drug-likeness (QED) is 0.713. The topological polar surface area (TPSA) is 41.1 Å². The van der Waals surface area contributed by atoms with Crippen LogP contribution >= 0.6 is 0 Å². The van der Waals surface area contributed by atoms with E-state index in [0.29, 0.717) is 0 Å². The molecule has 1 N–H and O–H groups in total. The summed E-state index contributed by atoms with van der Waals surface area (Å²) in [7, 11) is 0. The number of anilines is 2. The summed E-state index contributed by atoms with van der Waals surface area (Å²) in [6.45, 7) is 4.23. The van der Waals surface area contributed by atoms with Crippen LogP contribution in [0.15, 0.2) is 66.7 Å². The highest BCUT2D eigenvalue weighted by Gasteiger charge is 2.18. The van der Waals surface area contributed by atoms with Crippen molar-refractivity contribution in [3.63, 3.8) is 0 Å². The summed E-state index contributed by atoms with van der Waals surface area (Å²) in [6.07, 6.45) is 2.42. The number of hydrogen-bond donors (Lipinski definition) is 1. The van der Waals surface area contributed by atoms with E-state index in [0.717, 1.165) is 36.1 Å². The molecule has 26 heavy (non-hydrogen) atoms. The summed E-state index contributed by atoms with van der Waals surface area (Å²) in [5.74, 6) is 1.70. The van der Waals surface area contributed by atoms with Gasteiger partial charge in [-0.2, -0.15) is 4.98 Å². The second-order valence-corrected chi connectivity index (χ2v) is 6.78. The van der Waals surface area contributed by atoms with Crippen molar-refractivity contribution in [1.82, 2.24) is 9.97 Å². The Labute approximate surface area is 154 Å². The van der Waals surface area contributed by atoms with Gasteiger partial charge >= 0.3 is 0 Å². The fourth-order valence-electron chi connectivity index (χ4n) is 3.37. The molecule has 2 aromatic carbocycles. The van der Waals surface area contributed by atoms with Crippen LogP contribution in [-0.2, 0) is 0 Å². The van der Waals surface area contributed by atoms with Gasteiger partial charge in [0.15, 0.2) is 0 Å². The van der Waals surface area contributed by atoms with E-state index in [4.69, 9.17) is 9.97 Å². The Morgan fingerprint density at radius 1 is 0.885 bits per heavy atom. The number of benzene rings is 2. The third-order valence-corrected chi connectivity index (χ3v) is 4.84. The van der Waals surface area contributed by atoms with E-state index in [1.165, 1.54) is 18.4 Å². The van der Waals surface area contributed by atoms with Crippen LogP contribution in [0.2, 0.25) is 0 Å². The molecule has 2 heterocycles. The minimum Gasteiger partial charge on any atom is -0.363 e. The lowest BCUT2D eigenvalue weighted by molar-refractivity contribution is 0.857. The monoisotopic (exact) mass is 344 g/mol. The molecule has 1 aliphatic rings. The van der Waals surface area contributed by atoms with Gasteiger partial charge in [0.1, 0.15) is 5.82 Å². The standard InChI is InChI=1S/C22H24N4/c1-17(18-10-4-2-5-11-18)23-21-16-20(19-12-6-3-7-13-19)24-22(25-21)26-14-8-9-15-26/h2-7,10-13,16-17H,8-9,14-15H2,1H3,(H,23,24,25). The molecule has 132 valence electrons. The van der Waals surface area contributed by atoms with Gasteiger partial charge in [-0.05, 0) is 25.3 Å². The smallest absolute Gasteiger partial charge is 0.227 e. The molecule has 1 fully saturated rings. The molecule has 1 unspecified atom stereocenters. The Hall–Kier alpha value is -2.88. The van der Waals surface area contributed by atoms with Crippen LogP contribution < -0.4 is 10.2 Å². The first-order chi connectivity index (χ1) is 12.8. The molecule has 4 nitrogen and oxygen atoms in total. The molecule has 0 radical (unpaired) electrons. The Kier molecular flexibility index (Phi) is 4.82. The minimum absolute atomic E-state index is 0.182. The molecule has 0 spiro atoms. The molecular weight excluding hydrogens is 320 g/mol. The normalized spacial score (nSPS) is 15.0. The average Bonchev–Trinajstić information content (AvgIpc) is 3.24. The van der Waals surface area contributed by atoms with Gasteiger partial charge in [0.25, 0.3) is 0 Å². The van der Waals surface area contributed by atoms with Crippen LogP contribution in [0.4, 0.5) is 11.8 Å². The lowest BCUT2D eigenvalue weighted by atomic mass is 10.1. The summed E-state index contributed by atoms with van der Waals surface area (Å²) < 4.78 is 0. The van der Waals surface area contributed by atoms with E-state index in [-0.39, 0.29) is 6.04 Å². The van der Waals surface area contributed by atoms with E-state index in [2.05, 4.69) is 53.5 Å². The zero-order valence-electron chi connectivity index (χ0n) is 15.1. The van der Waals surface area contributed by atoms with Crippen molar-refractivity contribution in [1.29, 1.82) is 0 Å². The predicted molar refractivity (Wildman–Crippen MR) is 107 cm³/mol. The number of nitrogens with zero attached hydrogens (tertiary/aromatic N) is 3. The van der Waals surface area contributed by atoms with Crippen LogP contribution in [0.25, 0.3) is 11.3 Å². The van der Waals surface area contributed by atoms with Gasteiger partial charge in [-0.1, -0.05) is 60.7 Å². The molecule has 4 heteroatoms. The van der Waals surface area contributed by atoms with Crippen molar-refractivity contribution >= 4 is 11.8 Å². The molecule has 4 rings (SSSR count). The largest absolute Gasteiger partial charge is 0.363 e. The molecule has 0 bridgehead atoms. The van der Waals surface area contributed by atoms with E-state index in [1.54, 1.807) is 0 Å². The summed E-state index contributed by atoms with van der Waals surface area (Å²) in [5.41, 5.74) is 3.33. The summed E-state index contributed by atoms with van der Waals surface area (Å²) >= 11 is 0. The highest BCUT2D eigenvalue weighted by Crippen LogP contribution is 2.26. The lowest BCUT2D eigenvalue weighted by Crippen LogP contribution is -2.21. The maximum atomic E-state index is 4.84. The Morgan fingerprint density at radius 2 is 1.54 bits per heavy atom. The van der Waals surface area contributed by atoms with Crippen LogP contribution in [0, 0.1) is 0 Å². The SMILES string of the molecule is CC(Nc1cc(-c2ccccc2)nc(N2CCCC2)n1)c1ccccc1. The fourth-order valence-corrected chi connectivity index (χ4v) is 3.37. The molecule has 0 aliphatic carbocycles. The maximum Gasteiger partial charge on any atom is 0.227 e. The first-order valence-electron chi connectivity index (χ1n) is 9.30. The van der Waals surface area contributed by atoms with Gasteiger partial charge in [-0.3, -0.25) is 0 Å². The van der Waals surface area contributed by atoms with Crippen molar-refractivity contribution in [2.45, 2.75) is 25.8 Å². The first-order valence-corrected chi connectivity index (χ1v) is 9.30. The van der Waals surface area contributed by atoms with E-state index in [9.17, 15) is 0 Å². The van der Waals surface area contributed by atoms with Crippen molar-refractivity contribution in [2.24, 2.45) is 0 Å². The second-order valence-electron chi connectivity index (χ2n) is 6.78. The van der Waals surface area contributed by atoms with Gasteiger partial charge in [0.05, 0.1) is 5.69 Å². The first kappa shape index (κ1) is 16.6. The van der Waals surface area contributed by atoms with Crippen molar-refractivity contribution in [2.75, 3.05) is 23.3 Å². The highest BCUT2D eigenvalue weighted by molar-refractivity contribution is 5.64. The Morgan fingerprint density at radius 3 is 2.23 bits per heavy atom. The lowest BCUT2D eigenvalue weighted by Gasteiger charge is -2.20. The Balaban J connectivity index is 1.67. The Bertz CT molecular complexity index is 843. The van der Waals surface area contributed by atoms with Gasteiger partial charge in [0, 0.05) is 30.8 Å². The molecule has 1 aliphatic heterocycles. The number of hydrogen-bond acceptors (Lipinski definition) is 4. The maximum absolute atomic E-state index is 4.84. The van der Waals surface area contributed by atoms with E-state index >= 15 is 0 Å². The molecule has 0 saturated carbocycles.